The number of aromatic nitrogens is 4. The molecule has 4 aromatic rings. The molecule has 8 bridgehead atoms. The third kappa shape index (κ3) is 3.49. The maximum atomic E-state index is 4.92. The molecule has 3 aromatic heterocycles. The Hall–Kier alpha value is -4.18. The van der Waals surface area contributed by atoms with E-state index in [4.69, 9.17) is 9.97 Å². The summed E-state index contributed by atoms with van der Waals surface area (Å²) in [4.78, 5) is 16.6. The maximum absolute atomic E-state index is 4.92. The number of rotatable bonds is 1. The van der Waals surface area contributed by atoms with E-state index in [1.165, 1.54) is 5.56 Å². The van der Waals surface area contributed by atoms with Crippen LogP contribution >= 0.6 is 0 Å². The third-order valence-electron chi connectivity index (χ3n) is 5.53. The van der Waals surface area contributed by atoms with Gasteiger partial charge in [-0.1, -0.05) is 29.8 Å². The van der Waals surface area contributed by atoms with Gasteiger partial charge in [-0.2, -0.15) is 0 Å². The number of H-pyrrole nitrogens is 2. The highest BCUT2D eigenvalue weighted by Crippen LogP contribution is 2.29. The summed E-state index contributed by atoms with van der Waals surface area (Å²) < 4.78 is 0. The van der Waals surface area contributed by atoms with Gasteiger partial charge in [-0.15, -0.1) is 0 Å². The molecule has 0 aliphatic carbocycles. The number of aryl methyl sites for hydroxylation is 1. The number of nitrogens with one attached hydrogen (secondary N) is 2. The van der Waals surface area contributed by atoms with Crippen molar-refractivity contribution in [3.8, 4) is 0 Å². The highest BCUT2D eigenvalue weighted by Gasteiger charge is 2.13. The number of nitrogens with zero attached hydrogens (tertiary/aromatic N) is 2. The minimum atomic E-state index is 0.900. The van der Waals surface area contributed by atoms with E-state index in [0.717, 1.165) is 56.0 Å². The first-order chi connectivity index (χ1) is 15.2. The summed E-state index contributed by atoms with van der Waals surface area (Å²) in [5, 5.41) is 0. The average Bonchev–Trinajstić information content (AvgIpc) is 3.54. The summed E-state index contributed by atoms with van der Waals surface area (Å²) >= 11 is 0. The molecule has 0 amide bonds. The molecular formula is C27H20N4. The monoisotopic (exact) mass is 400 g/mol. The molecule has 2 aliphatic rings. The van der Waals surface area contributed by atoms with Gasteiger partial charge in [-0.3, -0.25) is 0 Å². The van der Waals surface area contributed by atoms with Crippen LogP contribution in [-0.2, 0) is 0 Å². The van der Waals surface area contributed by atoms with E-state index in [2.05, 4.69) is 95.8 Å². The molecule has 1 aromatic carbocycles. The lowest BCUT2D eigenvalue weighted by molar-refractivity contribution is 1.27. The Morgan fingerprint density at radius 2 is 1.16 bits per heavy atom. The summed E-state index contributed by atoms with van der Waals surface area (Å²) in [5.74, 6) is 0. The van der Waals surface area contributed by atoms with E-state index in [-0.39, 0.29) is 0 Å². The molecule has 6 rings (SSSR count). The number of hydrogen-bond acceptors (Lipinski definition) is 2. The predicted octanol–water partition coefficient (Wildman–Crippen LogP) is 6.38. The minimum absolute atomic E-state index is 0.900. The van der Waals surface area contributed by atoms with E-state index in [9.17, 15) is 0 Å². The van der Waals surface area contributed by atoms with Crippen molar-refractivity contribution in [3.05, 3.63) is 107 Å². The van der Waals surface area contributed by atoms with Gasteiger partial charge in [0.2, 0.25) is 0 Å². The van der Waals surface area contributed by atoms with Crippen LogP contribution in [0.2, 0.25) is 0 Å². The number of fused-ring (bicyclic) bond motifs is 8. The Morgan fingerprint density at radius 1 is 0.581 bits per heavy atom. The van der Waals surface area contributed by atoms with Gasteiger partial charge < -0.3 is 9.97 Å². The molecule has 2 N–H and O–H groups in total. The van der Waals surface area contributed by atoms with Crippen molar-refractivity contribution in [2.45, 2.75) is 6.92 Å². The smallest absolute Gasteiger partial charge is 0.0737 e. The molecule has 4 heteroatoms. The van der Waals surface area contributed by atoms with Crippen molar-refractivity contribution in [2.75, 3.05) is 0 Å². The topological polar surface area (TPSA) is 57.4 Å². The zero-order chi connectivity index (χ0) is 20.8. The molecule has 0 unspecified atom stereocenters. The second-order valence-electron chi connectivity index (χ2n) is 7.96. The summed E-state index contributed by atoms with van der Waals surface area (Å²) in [6.07, 6.45) is 6.21. The lowest BCUT2D eigenvalue weighted by atomic mass is 10.0. The minimum Gasteiger partial charge on any atom is -0.355 e. The summed E-state index contributed by atoms with van der Waals surface area (Å²) in [6.45, 7) is 2.10. The van der Waals surface area contributed by atoms with Crippen LogP contribution in [0, 0.1) is 6.92 Å². The van der Waals surface area contributed by atoms with Crippen molar-refractivity contribution in [1.29, 1.82) is 0 Å². The predicted molar refractivity (Wildman–Crippen MR) is 128 cm³/mol. The second-order valence-corrected chi connectivity index (χ2v) is 7.96. The van der Waals surface area contributed by atoms with E-state index in [1.54, 1.807) is 0 Å². The molecule has 0 spiro atoms. The molecule has 148 valence electrons. The van der Waals surface area contributed by atoms with E-state index >= 15 is 0 Å². The molecule has 0 saturated heterocycles. The molecule has 0 fully saturated rings. The highest BCUT2D eigenvalue weighted by atomic mass is 14.8. The van der Waals surface area contributed by atoms with Crippen molar-refractivity contribution < 1.29 is 0 Å². The van der Waals surface area contributed by atoms with Gasteiger partial charge in [0, 0.05) is 27.6 Å². The van der Waals surface area contributed by atoms with E-state index in [0.29, 0.717) is 0 Å². The summed E-state index contributed by atoms with van der Waals surface area (Å²) in [5.41, 5.74) is 11.3. The largest absolute Gasteiger partial charge is 0.355 e. The first-order valence-electron chi connectivity index (χ1n) is 10.3. The fourth-order valence-corrected chi connectivity index (χ4v) is 3.98. The lowest BCUT2D eigenvalue weighted by Gasteiger charge is -2.02. The second kappa shape index (κ2) is 6.96. The third-order valence-corrected chi connectivity index (χ3v) is 5.53. The van der Waals surface area contributed by atoms with Gasteiger partial charge in [0.05, 0.1) is 22.8 Å². The highest BCUT2D eigenvalue weighted by molar-refractivity contribution is 5.93. The molecule has 4 nitrogen and oxygen atoms in total. The van der Waals surface area contributed by atoms with E-state index in [1.807, 2.05) is 12.2 Å². The van der Waals surface area contributed by atoms with E-state index < -0.39 is 0 Å². The molecule has 0 atom stereocenters. The lowest BCUT2D eigenvalue weighted by Crippen LogP contribution is -1.86. The summed E-state index contributed by atoms with van der Waals surface area (Å²) in [7, 11) is 0. The molecule has 31 heavy (non-hydrogen) atoms. The van der Waals surface area contributed by atoms with Crippen LogP contribution in [0.15, 0.2) is 72.8 Å². The Balaban J connectivity index is 1.63. The van der Waals surface area contributed by atoms with Gasteiger partial charge in [0.1, 0.15) is 0 Å². The Morgan fingerprint density at radius 3 is 1.84 bits per heavy atom. The zero-order valence-corrected chi connectivity index (χ0v) is 17.1. The SMILES string of the molecule is Cc1ccc(C2=Cc3cc4ccc(cc5ccc(cc6nc(cc2n3)C=C6)[nH]5)[nH]4)cc1. The maximum Gasteiger partial charge on any atom is 0.0737 e. The van der Waals surface area contributed by atoms with Gasteiger partial charge in [0.15, 0.2) is 0 Å². The van der Waals surface area contributed by atoms with Crippen molar-refractivity contribution >= 4 is 45.9 Å². The Kier molecular flexibility index (Phi) is 3.96. The van der Waals surface area contributed by atoms with Gasteiger partial charge in [-0.25, -0.2) is 9.97 Å². The quantitative estimate of drug-likeness (QED) is 0.336. The van der Waals surface area contributed by atoms with Crippen LogP contribution in [0.5, 0.6) is 0 Å². The molecule has 5 heterocycles. The van der Waals surface area contributed by atoms with Crippen LogP contribution in [0.25, 0.3) is 45.9 Å². The fraction of sp³-hybridized carbons (Fsp3) is 0.0370. The van der Waals surface area contributed by atoms with Crippen molar-refractivity contribution in [3.63, 3.8) is 0 Å². The number of benzene rings is 1. The fourth-order valence-electron chi connectivity index (χ4n) is 3.98. The van der Waals surface area contributed by atoms with Gasteiger partial charge in [0.25, 0.3) is 0 Å². The van der Waals surface area contributed by atoms with Crippen LogP contribution in [0.1, 0.15) is 33.9 Å². The number of hydrogen-bond donors (Lipinski definition) is 2. The summed E-state index contributed by atoms with van der Waals surface area (Å²) in [6, 6.07) is 25.2. The normalized spacial score (nSPS) is 12.7. The van der Waals surface area contributed by atoms with Gasteiger partial charge in [-0.05, 0) is 79.2 Å². The molecule has 0 radical (unpaired) electrons. The van der Waals surface area contributed by atoms with Crippen LogP contribution in [0.3, 0.4) is 0 Å². The average molecular weight is 400 g/mol. The van der Waals surface area contributed by atoms with Crippen LogP contribution < -0.4 is 0 Å². The first kappa shape index (κ1) is 17.7. The van der Waals surface area contributed by atoms with Crippen LogP contribution in [0.4, 0.5) is 0 Å². The molecular weight excluding hydrogens is 380 g/mol. The Bertz CT molecular complexity index is 1530. The number of aromatic amines is 2. The van der Waals surface area contributed by atoms with Crippen molar-refractivity contribution in [2.24, 2.45) is 0 Å². The first-order valence-corrected chi connectivity index (χ1v) is 10.3. The molecule has 0 saturated carbocycles. The zero-order valence-electron chi connectivity index (χ0n) is 17.1. The van der Waals surface area contributed by atoms with Crippen LogP contribution in [-0.4, -0.2) is 19.9 Å². The molecule has 2 aliphatic heterocycles. The van der Waals surface area contributed by atoms with Gasteiger partial charge >= 0.3 is 0 Å². The van der Waals surface area contributed by atoms with Crippen molar-refractivity contribution in [1.82, 2.24) is 19.9 Å². The Labute approximate surface area is 179 Å². The standard InChI is InChI=1S/C27H20N4/c1-17-2-4-18(5-3-17)26-15-25-14-23-9-8-21(29-23)12-19-6-7-20(28-19)13-22-10-11-24(30-22)16-27(26)31-25/h2-16,28-29H,1H3.